The minimum atomic E-state index is 0.442. The molecule has 4 nitrogen and oxygen atoms in total. The lowest BCUT2D eigenvalue weighted by Crippen LogP contribution is -1.96. The molecule has 19 heavy (non-hydrogen) atoms. The van der Waals surface area contributed by atoms with Crippen molar-refractivity contribution < 1.29 is 0 Å². The zero-order chi connectivity index (χ0) is 13.4. The topological polar surface area (TPSA) is 56.2 Å². The maximum absolute atomic E-state index is 5.85. The number of anilines is 1. The molecule has 98 valence electrons. The highest BCUT2D eigenvalue weighted by Crippen LogP contribution is 2.27. The van der Waals surface area contributed by atoms with Gasteiger partial charge in [0.05, 0.1) is 5.69 Å². The van der Waals surface area contributed by atoms with Crippen LogP contribution in [0.4, 0.5) is 5.95 Å². The number of aromatic nitrogens is 3. The van der Waals surface area contributed by atoms with Crippen LogP contribution in [0, 0.1) is 5.92 Å². The van der Waals surface area contributed by atoms with Crippen LogP contribution in [-0.4, -0.2) is 14.6 Å². The summed E-state index contributed by atoms with van der Waals surface area (Å²) in [5.74, 6) is 1.12. The molecule has 0 saturated carbocycles. The van der Waals surface area contributed by atoms with Crippen LogP contribution in [0.3, 0.4) is 0 Å². The van der Waals surface area contributed by atoms with Gasteiger partial charge in [-0.1, -0.05) is 38.1 Å². The first-order valence-corrected chi connectivity index (χ1v) is 7.20. The molecule has 0 aliphatic rings. The zero-order valence-corrected chi connectivity index (χ0v) is 11.8. The molecule has 5 heteroatoms. The molecule has 2 heterocycles. The Morgan fingerprint density at radius 2 is 1.95 bits per heavy atom. The summed E-state index contributed by atoms with van der Waals surface area (Å²) in [6.45, 7) is 4.46. The number of nitrogens with zero attached hydrogens (tertiary/aromatic N) is 3. The maximum atomic E-state index is 5.85. The molecule has 0 amide bonds. The molecule has 2 N–H and O–H groups in total. The molecule has 0 aliphatic carbocycles. The van der Waals surface area contributed by atoms with Gasteiger partial charge in [-0.15, -0.1) is 21.5 Å². The first-order chi connectivity index (χ1) is 9.15. The van der Waals surface area contributed by atoms with E-state index in [2.05, 4.69) is 53.7 Å². The molecule has 0 saturated heterocycles. The van der Waals surface area contributed by atoms with Crippen LogP contribution in [0.5, 0.6) is 0 Å². The summed E-state index contributed by atoms with van der Waals surface area (Å²) in [7, 11) is 0. The summed E-state index contributed by atoms with van der Waals surface area (Å²) in [6.07, 6.45) is 1.11. The quantitative estimate of drug-likeness (QED) is 0.796. The lowest BCUT2D eigenvalue weighted by molar-refractivity contribution is 0.647. The second-order valence-corrected chi connectivity index (χ2v) is 5.93. The lowest BCUT2D eigenvalue weighted by Gasteiger charge is -2.06. The Kier molecular flexibility index (Phi) is 2.98. The maximum Gasteiger partial charge on any atom is 0.227 e. The molecule has 0 fully saturated rings. The number of hydrogen-bond acceptors (Lipinski definition) is 4. The van der Waals surface area contributed by atoms with Gasteiger partial charge < -0.3 is 5.73 Å². The molecule has 3 rings (SSSR count). The zero-order valence-electron chi connectivity index (χ0n) is 11.0. The largest absolute Gasteiger partial charge is 0.368 e. The molecular formula is C14H16N4S. The van der Waals surface area contributed by atoms with Gasteiger partial charge in [0.25, 0.3) is 0 Å². The molecule has 1 aromatic carbocycles. The number of nitrogen functional groups attached to an aromatic ring is 1. The lowest BCUT2D eigenvalue weighted by atomic mass is 10.0. The Balaban J connectivity index is 2.00. The van der Waals surface area contributed by atoms with Gasteiger partial charge in [0.1, 0.15) is 0 Å². The van der Waals surface area contributed by atoms with Gasteiger partial charge in [-0.2, -0.15) is 0 Å². The molecule has 0 spiro atoms. The van der Waals surface area contributed by atoms with E-state index in [9.17, 15) is 0 Å². The number of hydrogen-bond donors (Lipinski definition) is 1. The van der Waals surface area contributed by atoms with Crippen LogP contribution in [0.2, 0.25) is 0 Å². The smallest absolute Gasteiger partial charge is 0.227 e. The SMILES string of the molecule is CC(C)Cc1ccc(-c2csc3nnc(N)n23)cc1. The van der Waals surface area contributed by atoms with Crippen molar-refractivity contribution in [2.45, 2.75) is 20.3 Å². The van der Waals surface area contributed by atoms with Gasteiger partial charge in [0.15, 0.2) is 0 Å². The van der Waals surface area contributed by atoms with Crippen molar-refractivity contribution in [3.8, 4) is 11.3 Å². The van der Waals surface area contributed by atoms with E-state index < -0.39 is 0 Å². The number of nitrogens with two attached hydrogens (primary N) is 1. The van der Waals surface area contributed by atoms with E-state index in [1.54, 1.807) is 11.3 Å². The van der Waals surface area contributed by atoms with E-state index in [1.807, 2.05) is 4.40 Å². The van der Waals surface area contributed by atoms with Crippen molar-refractivity contribution in [1.29, 1.82) is 0 Å². The predicted molar refractivity (Wildman–Crippen MR) is 79.3 cm³/mol. The molecule has 0 radical (unpaired) electrons. The average molecular weight is 272 g/mol. The Hall–Kier alpha value is -1.88. The Morgan fingerprint density at radius 1 is 1.21 bits per heavy atom. The second kappa shape index (κ2) is 4.66. The highest BCUT2D eigenvalue weighted by Gasteiger charge is 2.11. The van der Waals surface area contributed by atoms with Crippen LogP contribution >= 0.6 is 11.3 Å². The number of fused-ring (bicyclic) bond motifs is 1. The van der Waals surface area contributed by atoms with E-state index in [4.69, 9.17) is 5.73 Å². The highest BCUT2D eigenvalue weighted by molar-refractivity contribution is 7.15. The molecule has 3 aromatic rings. The molecule has 2 aromatic heterocycles. The summed E-state index contributed by atoms with van der Waals surface area (Å²) in [5, 5.41) is 10.00. The van der Waals surface area contributed by atoms with Crippen molar-refractivity contribution >= 4 is 22.2 Å². The first-order valence-electron chi connectivity index (χ1n) is 6.32. The summed E-state index contributed by atoms with van der Waals surface area (Å²) in [4.78, 5) is 0.832. The summed E-state index contributed by atoms with van der Waals surface area (Å²) in [6, 6.07) is 8.63. The predicted octanol–water partition coefficient (Wildman–Crippen LogP) is 3.24. The molecule has 0 aliphatic heterocycles. The van der Waals surface area contributed by atoms with Crippen LogP contribution in [0.25, 0.3) is 16.2 Å². The van der Waals surface area contributed by atoms with Crippen LogP contribution in [0.1, 0.15) is 19.4 Å². The number of rotatable bonds is 3. The molecular weight excluding hydrogens is 256 g/mol. The van der Waals surface area contributed by atoms with Crippen LogP contribution < -0.4 is 5.73 Å². The minimum absolute atomic E-state index is 0.442. The van der Waals surface area contributed by atoms with Crippen molar-refractivity contribution in [3.63, 3.8) is 0 Å². The van der Waals surface area contributed by atoms with Crippen LogP contribution in [-0.2, 0) is 6.42 Å². The highest BCUT2D eigenvalue weighted by atomic mass is 32.1. The fraction of sp³-hybridized carbons (Fsp3) is 0.286. The van der Waals surface area contributed by atoms with E-state index in [0.717, 1.165) is 22.6 Å². The summed E-state index contributed by atoms with van der Waals surface area (Å²) < 4.78 is 1.89. The van der Waals surface area contributed by atoms with E-state index >= 15 is 0 Å². The van der Waals surface area contributed by atoms with Crippen molar-refractivity contribution in [3.05, 3.63) is 35.2 Å². The normalized spacial score (nSPS) is 11.5. The van der Waals surface area contributed by atoms with Gasteiger partial charge >= 0.3 is 0 Å². The third-order valence-electron chi connectivity index (χ3n) is 3.07. The van der Waals surface area contributed by atoms with Crippen molar-refractivity contribution in [2.24, 2.45) is 5.92 Å². The van der Waals surface area contributed by atoms with Crippen molar-refractivity contribution in [1.82, 2.24) is 14.6 Å². The summed E-state index contributed by atoms with van der Waals surface area (Å²) in [5.41, 5.74) is 9.41. The van der Waals surface area contributed by atoms with Gasteiger partial charge in [-0.05, 0) is 23.5 Å². The summed E-state index contributed by atoms with van der Waals surface area (Å²) >= 11 is 1.55. The molecule has 0 unspecified atom stereocenters. The molecule has 0 atom stereocenters. The standard InChI is InChI=1S/C14H16N4S/c1-9(2)7-10-3-5-11(6-4-10)12-8-19-14-17-16-13(15)18(12)14/h3-6,8-9H,7H2,1-2H3,(H2,15,16). The van der Waals surface area contributed by atoms with E-state index in [1.165, 1.54) is 5.56 Å². The van der Waals surface area contributed by atoms with E-state index in [-0.39, 0.29) is 0 Å². The Labute approximate surface area is 115 Å². The Morgan fingerprint density at radius 3 is 2.63 bits per heavy atom. The number of thiazole rings is 1. The van der Waals surface area contributed by atoms with Gasteiger partial charge in [0.2, 0.25) is 10.9 Å². The fourth-order valence-electron chi connectivity index (χ4n) is 2.23. The van der Waals surface area contributed by atoms with Gasteiger partial charge in [-0.25, -0.2) is 0 Å². The molecule has 0 bridgehead atoms. The first kappa shape index (κ1) is 12.2. The van der Waals surface area contributed by atoms with Gasteiger partial charge in [0, 0.05) is 5.38 Å². The number of benzene rings is 1. The Bertz CT molecular complexity index is 694. The van der Waals surface area contributed by atoms with E-state index in [0.29, 0.717) is 11.9 Å². The van der Waals surface area contributed by atoms with Crippen LogP contribution in [0.15, 0.2) is 29.6 Å². The minimum Gasteiger partial charge on any atom is -0.368 e. The van der Waals surface area contributed by atoms with Crippen molar-refractivity contribution in [2.75, 3.05) is 5.73 Å². The second-order valence-electron chi connectivity index (χ2n) is 5.09. The monoisotopic (exact) mass is 272 g/mol. The third-order valence-corrected chi connectivity index (χ3v) is 3.89. The van der Waals surface area contributed by atoms with Gasteiger partial charge in [-0.3, -0.25) is 4.40 Å². The average Bonchev–Trinajstić information content (AvgIpc) is 2.94. The third kappa shape index (κ3) is 2.21. The fourth-order valence-corrected chi connectivity index (χ4v) is 3.07.